The van der Waals surface area contributed by atoms with Crippen molar-refractivity contribution in [3.63, 3.8) is 0 Å². The first-order valence-electron chi connectivity index (χ1n) is 8.46. The number of Topliss-reactive ketones (excluding diaryl/α,β-unsaturated/α-hetero) is 1. The molecule has 10 nitrogen and oxygen atoms in total. The summed E-state index contributed by atoms with van der Waals surface area (Å²) in [5, 5.41) is 16.4. The first-order chi connectivity index (χ1) is 13.2. The van der Waals surface area contributed by atoms with Crippen LogP contribution >= 0.6 is 0 Å². The molecule has 1 aromatic heterocycles. The molecule has 10 heteroatoms. The van der Waals surface area contributed by atoms with Crippen molar-refractivity contribution in [3.8, 4) is 0 Å². The van der Waals surface area contributed by atoms with Gasteiger partial charge in [-0.15, -0.1) is 0 Å². The number of benzene rings is 1. The number of aryl methyl sites for hydroxylation is 2. The van der Waals surface area contributed by atoms with Crippen molar-refractivity contribution in [1.82, 2.24) is 4.98 Å². The van der Waals surface area contributed by atoms with E-state index in [1.54, 1.807) is 19.1 Å². The van der Waals surface area contributed by atoms with E-state index >= 15 is 0 Å². The topological polar surface area (TPSA) is 149 Å². The second kappa shape index (κ2) is 8.80. The van der Waals surface area contributed by atoms with Gasteiger partial charge in [-0.25, -0.2) is 9.78 Å². The van der Waals surface area contributed by atoms with E-state index in [-0.39, 0.29) is 30.4 Å². The van der Waals surface area contributed by atoms with Gasteiger partial charge < -0.3 is 15.8 Å². The maximum Gasteiger partial charge on any atom is 0.412 e. The second-order valence-electron chi connectivity index (χ2n) is 5.97. The summed E-state index contributed by atoms with van der Waals surface area (Å²) in [6, 6.07) is 6.49. The molecule has 0 bridgehead atoms. The number of amides is 1. The van der Waals surface area contributed by atoms with Crippen LogP contribution in [0.1, 0.15) is 28.4 Å². The van der Waals surface area contributed by atoms with Gasteiger partial charge in [-0.05, 0) is 38.0 Å². The van der Waals surface area contributed by atoms with Crippen LogP contribution in [0.5, 0.6) is 0 Å². The number of nitrogens with two attached hydrogens (primary N) is 1. The van der Waals surface area contributed by atoms with Gasteiger partial charge in [0.25, 0.3) is 0 Å². The number of anilines is 3. The van der Waals surface area contributed by atoms with E-state index in [2.05, 4.69) is 15.6 Å². The van der Waals surface area contributed by atoms with Crippen LogP contribution < -0.4 is 16.4 Å². The van der Waals surface area contributed by atoms with E-state index < -0.39 is 22.5 Å². The Morgan fingerprint density at radius 1 is 1.25 bits per heavy atom. The van der Waals surface area contributed by atoms with E-state index in [4.69, 9.17) is 10.5 Å². The van der Waals surface area contributed by atoms with Gasteiger partial charge in [-0.2, -0.15) is 0 Å². The molecule has 0 aliphatic carbocycles. The Morgan fingerprint density at radius 2 is 1.96 bits per heavy atom. The number of nitrogen functional groups attached to an aromatic ring is 1. The highest BCUT2D eigenvalue weighted by atomic mass is 16.6. The monoisotopic (exact) mass is 387 g/mol. The number of carbonyl (C=O) groups is 2. The molecule has 4 N–H and O–H groups in total. The van der Waals surface area contributed by atoms with Crippen LogP contribution in [0, 0.1) is 24.0 Å². The summed E-state index contributed by atoms with van der Waals surface area (Å²) >= 11 is 0. The van der Waals surface area contributed by atoms with Crippen molar-refractivity contribution >= 4 is 34.9 Å². The molecule has 2 rings (SSSR count). The lowest BCUT2D eigenvalue weighted by Gasteiger charge is -2.11. The Labute approximate surface area is 161 Å². The fourth-order valence-electron chi connectivity index (χ4n) is 2.41. The van der Waals surface area contributed by atoms with Gasteiger partial charge >= 0.3 is 11.8 Å². The van der Waals surface area contributed by atoms with Crippen LogP contribution in [0.15, 0.2) is 24.3 Å². The third-order valence-electron chi connectivity index (χ3n) is 3.98. The third kappa shape index (κ3) is 4.93. The van der Waals surface area contributed by atoms with E-state index in [1.807, 2.05) is 19.9 Å². The van der Waals surface area contributed by atoms with Gasteiger partial charge in [-0.3, -0.25) is 20.2 Å². The predicted octanol–water partition coefficient (Wildman–Crippen LogP) is 3.05. The molecular weight excluding hydrogens is 366 g/mol. The van der Waals surface area contributed by atoms with Crippen molar-refractivity contribution in [2.24, 2.45) is 0 Å². The molecule has 0 unspecified atom stereocenters. The van der Waals surface area contributed by atoms with Gasteiger partial charge in [0.05, 0.1) is 18.1 Å². The highest BCUT2D eigenvalue weighted by molar-refractivity contribution is 5.99. The van der Waals surface area contributed by atoms with E-state index in [0.717, 1.165) is 11.1 Å². The number of hydrogen-bond donors (Lipinski definition) is 3. The number of nitro groups is 1. The quantitative estimate of drug-likeness (QED) is 0.373. The maximum absolute atomic E-state index is 12.4. The number of ketones is 1. The maximum atomic E-state index is 12.4. The van der Waals surface area contributed by atoms with E-state index in [9.17, 15) is 19.7 Å². The molecule has 2 aromatic rings. The second-order valence-corrected chi connectivity index (χ2v) is 5.97. The first-order valence-corrected chi connectivity index (χ1v) is 8.46. The lowest BCUT2D eigenvalue weighted by molar-refractivity contribution is -0.383. The smallest absolute Gasteiger partial charge is 0.412 e. The number of aromatic nitrogens is 1. The van der Waals surface area contributed by atoms with Crippen molar-refractivity contribution < 1.29 is 19.2 Å². The van der Waals surface area contributed by atoms with Gasteiger partial charge in [-0.1, -0.05) is 12.1 Å². The molecule has 1 amide bonds. The standard InChI is InChI=1S/C18H21N5O5/c1-4-28-18(25)22-15-8-13(16(23(26)27)17(19)21-15)20-9-14(24)12-6-5-10(2)11(3)7-12/h5-8H,4,9H2,1-3H3,(H4,19,20,21,22,25). The van der Waals surface area contributed by atoms with Crippen LogP contribution in [0.25, 0.3) is 0 Å². The lowest BCUT2D eigenvalue weighted by Crippen LogP contribution is -2.18. The molecule has 0 saturated heterocycles. The summed E-state index contributed by atoms with van der Waals surface area (Å²) in [6.07, 6.45) is -0.777. The summed E-state index contributed by atoms with van der Waals surface area (Å²) in [5.74, 6) is -0.698. The number of nitrogens with zero attached hydrogens (tertiary/aromatic N) is 2. The molecule has 0 aliphatic heterocycles. The summed E-state index contributed by atoms with van der Waals surface area (Å²) in [7, 11) is 0. The number of pyridine rings is 1. The summed E-state index contributed by atoms with van der Waals surface area (Å²) in [5.41, 5.74) is 7.63. The Morgan fingerprint density at radius 3 is 2.57 bits per heavy atom. The molecule has 0 radical (unpaired) electrons. The number of carbonyl (C=O) groups excluding carboxylic acids is 2. The van der Waals surface area contributed by atoms with Gasteiger partial charge in [0.1, 0.15) is 11.5 Å². The summed E-state index contributed by atoms with van der Waals surface area (Å²) in [6.45, 7) is 5.39. The van der Waals surface area contributed by atoms with Crippen molar-refractivity contribution in [1.29, 1.82) is 0 Å². The van der Waals surface area contributed by atoms with Gasteiger partial charge in [0.15, 0.2) is 5.78 Å². The zero-order valence-electron chi connectivity index (χ0n) is 15.7. The molecule has 0 fully saturated rings. The number of rotatable bonds is 7. The minimum atomic E-state index is -0.777. The van der Waals surface area contributed by atoms with Crippen LogP contribution in [-0.2, 0) is 4.74 Å². The Bertz CT molecular complexity index is 929. The Balaban J connectivity index is 2.25. The minimum Gasteiger partial charge on any atom is -0.450 e. The zero-order valence-corrected chi connectivity index (χ0v) is 15.7. The van der Waals surface area contributed by atoms with Crippen LogP contribution in [0.4, 0.5) is 27.8 Å². The van der Waals surface area contributed by atoms with Gasteiger partial charge in [0, 0.05) is 11.6 Å². The Hall–Kier alpha value is -3.69. The van der Waals surface area contributed by atoms with Crippen LogP contribution in [0.3, 0.4) is 0 Å². The fraction of sp³-hybridized carbons (Fsp3) is 0.278. The minimum absolute atomic E-state index is 0.0392. The average Bonchev–Trinajstić information content (AvgIpc) is 2.61. The zero-order chi connectivity index (χ0) is 20.8. The lowest BCUT2D eigenvalue weighted by atomic mass is 10.0. The van der Waals surface area contributed by atoms with Crippen LogP contribution in [-0.4, -0.2) is 34.9 Å². The van der Waals surface area contributed by atoms with Crippen molar-refractivity contribution in [2.45, 2.75) is 20.8 Å². The normalized spacial score (nSPS) is 10.2. The molecule has 0 saturated carbocycles. The number of nitrogens with one attached hydrogen (secondary N) is 2. The largest absolute Gasteiger partial charge is 0.450 e. The number of ether oxygens (including phenoxy) is 1. The van der Waals surface area contributed by atoms with Crippen LogP contribution in [0.2, 0.25) is 0 Å². The molecule has 28 heavy (non-hydrogen) atoms. The highest BCUT2D eigenvalue weighted by Gasteiger charge is 2.22. The summed E-state index contributed by atoms with van der Waals surface area (Å²) in [4.78, 5) is 38.4. The predicted molar refractivity (Wildman–Crippen MR) is 105 cm³/mol. The number of hydrogen-bond acceptors (Lipinski definition) is 8. The molecule has 0 spiro atoms. The van der Waals surface area contributed by atoms with Crippen molar-refractivity contribution in [2.75, 3.05) is 29.5 Å². The molecule has 0 atom stereocenters. The van der Waals surface area contributed by atoms with Crippen molar-refractivity contribution in [3.05, 3.63) is 51.1 Å². The molecular formula is C18H21N5O5. The molecule has 1 heterocycles. The van der Waals surface area contributed by atoms with E-state index in [1.165, 1.54) is 6.07 Å². The third-order valence-corrected chi connectivity index (χ3v) is 3.98. The van der Waals surface area contributed by atoms with E-state index in [0.29, 0.717) is 5.56 Å². The Kier molecular flexibility index (Phi) is 6.48. The molecule has 1 aromatic carbocycles. The molecule has 148 valence electrons. The SMILES string of the molecule is CCOC(=O)Nc1cc(NCC(=O)c2ccc(C)c(C)c2)c([N+](=O)[O-])c(N)n1. The average molecular weight is 387 g/mol. The van der Waals surface area contributed by atoms with Gasteiger partial charge in [0.2, 0.25) is 5.82 Å². The fourth-order valence-corrected chi connectivity index (χ4v) is 2.41. The first kappa shape index (κ1) is 20.6. The summed E-state index contributed by atoms with van der Waals surface area (Å²) < 4.78 is 4.74. The molecule has 0 aliphatic rings. The highest BCUT2D eigenvalue weighted by Crippen LogP contribution is 2.32.